The lowest BCUT2D eigenvalue weighted by Crippen LogP contribution is -2.51. The molecule has 9 nitrogen and oxygen atoms in total. The molecule has 3 saturated heterocycles. The number of rotatable bonds is 6. The topological polar surface area (TPSA) is 119 Å². The smallest absolute Gasteiger partial charge is 0.303 e. The summed E-state index contributed by atoms with van der Waals surface area (Å²) < 4.78 is 18.0. The molecule has 2 unspecified atom stereocenters. The molecule has 3 aliphatic heterocycles. The van der Waals surface area contributed by atoms with E-state index in [0.717, 1.165) is 0 Å². The second-order valence-corrected chi connectivity index (χ2v) is 10.8. The first-order valence-corrected chi connectivity index (χ1v) is 13.0. The highest BCUT2D eigenvalue weighted by Crippen LogP contribution is 2.63. The van der Waals surface area contributed by atoms with Gasteiger partial charge in [-0.2, -0.15) is 5.26 Å². The summed E-state index contributed by atoms with van der Waals surface area (Å²) in [7, 11) is 0. The van der Waals surface area contributed by atoms with Crippen molar-refractivity contribution >= 4 is 45.8 Å². The number of carbonyl (C=O) groups is 3. The van der Waals surface area contributed by atoms with Gasteiger partial charge >= 0.3 is 5.97 Å². The summed E-state index contributed by atoms with van der Waals surface area (Å²) in [5.41, 5.74) is -1.42. The molecule has 10 heteroatoms. The molecular weight excluding hydrogens is 522 g/mol. The molecule has 0 spiro atoms. The van der Waals surface area contributed by atoms with Gasteiger partial charge in [-0.1, -0.05) is 35.9 Å². The minimum Gasteiger partial charge on any atom is -0.478 e. The fraction of sp³-hybridized carbons (Fsp3) is 0.345. The van der Waals surface area contributed by atoms with E-state index in [4.69, 9.17) is 25.8 Å². The van der Waals surface area contributed by atoms with E-state index in [1.165, 1.54) is 18.0 Å². The summed E-state index contributed by atoms with van der Waals surface area (Å²) in [5, 5.41) is 11.3. The molecule has 2 amide bonds. The first kappa shape index (κ1) is 25.3. The zero-order chi connectivity index (χ0) is 27.5. The fourth-order valence-corrected chi connectivity index (χ4v) is 6.66. The van der Waals surface area contributed by atoms with Gasteiger partial charge in [-0.15, -0.1) is 0 Å². The van der Waals surface area contributed by atoms with E-state index in [1.54, 1.807) is 55.5 Å². The Hall–Kier alpha value is -4.00. The van der Waals surface area contributed by atoms with Gasteiger partial charge in [0, 0.05) is 42.8 Å². The van der Waals surface area contributed by atoms with E-state index in [2.05, 4.69) is 11.1 Å². The lowest BCUT2D eigenvalue weighted by atomic mass is 9.66. The lowest BCUT2D eigenvalue weighted by molar-refractivity contribution is -0.160. The van der Waals surface area contributed by atoms with Crippen LogP contribution in [-0.4, -0.2) is 46.7 Å². The van der Waals surface area contributed by atoms with Crippen molar-refractivity contribution in [2.75, 3.05) is 11.5 Å². The number of hydrogen-bond donors (Lipinski definition) is 0. The van der Waals surface area contributed by atoms with Gasteiger partial charge in [0.2, 0.25) is 17.7 Å². The third-order valence-electron chi connectivity index (χ3n) is 8.13. The van der Waals surface area contributed by atoms with Crippen LogP contribution in [0.3, 0.4) is 0 Å². The number of pyridine rings is 1. The van der Waals surface area contributed by atoms with Gasteiger partial charge in [-0.05, 0) is 25.1 Å². The van der Waals surface area contributed by atoms with Crippen molar-refractivity contribution in [2.24, 2.45) is 11.8 Å². The summed E-state index contributed by atoms with van der Waals surface area (Å²) in [6.07, 6.45) is 1.29. The maximum absolute atomic E-state index is 14.1. The van der Waals surface area contributed by atoms with E-state index in [1.807, 2.05) is 0 Å². The molecule has 0 aliphatic carbocycles. The van der Waals surface area contributed by atoms with Gasteiger partial charge < -0.3 is 14.2 Å². The summed E-state index contributed by atoms with van der Waals surface area (Å²) >= 11 is 5.91. The van der Waals surface area contributed by atoms with Crippen LogP contribution in [0.5, 0.6) is 5.88 Å². The quantitative estimate of drug-likeness (QED) is 0.334. The maximum atomic E-state index is 14.1. The first-order valence-electron chi connectivity index (χ1n) is 12.6. The number of halogens is 1. The average Bonchev–Trinajstić information content (AvgIpc) is 3.46. The van der Waals surface area contributed by atoms with E-state index in [-0.39, 0.29) is 25.4 Å². The molecule has 2 bridgehead atoms. The molecule has 0 N–H and O–H groups in total. The predicted octanol–water partition coefficient (Wildman–Crippen LogP) is 4.20. The standard InChI is InChI=1S/C29H24ClN3O6/c1-16(34)38-22-13-29(11-12-37-23-10-8-18(30)15-32-23)25-24(28(22,2)39-29)26(35)33(27(25)36)21-9-7-17(14-31)19-5-3-4-6-20(19)21/h3-10,15,22,24-25H,11-13H2,1-2H3/t22-,24-,25+,28?,29?/m0/s1. The molecule has 198 valence electrons. The van der Waals surface area contributed by atoms with Crippen molar-refractivity contribution in [2.45, 2.75) is 44.0 Å². The molecule has 6 rings (SSSR count). The maximum Gasteiger partial charge on any atom is 0.303 e. The molecule has 0 radical (unpaired) electrons. The summed E-state index contributed by atoms with van der Waals surface area (Å²) in [6.45, 7) is 3.20. The highest BCUT2D eigenvalue weighted by molar-refractivity contribution is 6.30. The third-order valence-corrected chi connectivity index (χ3v) is 8.35. The predicted molar refractivity (Wildman–Crippen MR) is 140 cm³/mol. The number of anilines is 1. The summed E-state index contributed by atoms with van der Waals surface area (Å²) in [5.74, 6) is -2.57. The van der Waals surface area contributed by atoms with Gasteiger partial charge in [0.05, 0.1) is 46.4 Å². The van der Waals surface area contributed by atoms with Crippen molar-refractivity contribution in [3.05, 3.63) is 65.3 Å². The van der Waals surface area contributed by atoms with Crippen molar-refractivity contribution in [3.8, 4) is 11.9 Å². The normalized spacial score (nSPS) is 29.0. The van der Waals surface area contributed by atoms with Crippen LogP contribution in [0.2, 0.25) is 5.02 Å². The van der Waals surface area contributed by atoms with E-state index in [9.17, 15) is 19.6 Å². The number of carbonyl (C=O) groups excluding carboxylic acids is 3. The van der Waals surface area contributed by atoms with Gasteiger partial charge in [0.15, 0.2) is 0 Å². The monoisotopic (exact) mass is 545 g/mol. The van der Waals surface area contributed by atoms with Crippen LogP contribution in [0.15, 0.2) is 54.7 Å². The molecule has 0 saturated carbocycles. The fourth-order valence-electron chi connectivity index (χ4n) is 6.55. The molecule has 3 aliphatic rings. The number of nitriles is 1. The first-order chi connectivity index (χ1) is 18.7. The Labute approximate surface area is 229 Å². The van der Waals surface area contributed by atoms with Crippen LogP contribution < -0.4 is 9.64 Å². The Morgan fingerprint density at radius 3 is 2.59 bits per heavy atom. The molecule has 39 heavy (non-hydrogen) atoms. The van der Waals surface area contributed by atoms with E-state index < -0.39 is 41.0 Å². The second kappa shape index (κ2) is 9.04. The Morgan fingerprint density at radius 2 is 1.90 bits per heavy atom. The number of aromatic nitrogens is 1. The SMILES string of the molecule is CC(=O)O[C@H]1CC2(CCOc3ccc(Cl)cn3)OC1(C)[C@@H]1C(=O)N(c3ccc(C#N)c4ccccc34)C(=O)[C@@H]12. The minimum atomic E-state index is -1.20. The van der Waals surface area contributed by atoms with Gasteiger partial charge in [0.1, 0.15) is 11.7 Å². The number of ether oxygens (including phenoxy) is 3. The highest BCUT2D eigenvalue weighted by Gasteiger charge is 2.78. The minimum absolute atomic E-state index is 0.155. The van der Waals surface area contributed by atoms with E-state index >= 15 is 0 Å². The highest BCUT2D eigenvalue weighted by atomic mass is 35.5. The van der Waals surface area contributed by atoms with Crippen LogP contribution in [0.1, 0.15) is 32.3 Å². The molecule has 4 heterocycles. The van der Waals surface area contributed by atoms with Crippen molar-refractivity contribution in [3.63, 3.8) is 0 Å². The second-order valence-electron chi connectivity index (χ2n) is 10.3. The number of hydrogen-bond acceptors (Lipinski definition) is 8. The summed E-state index contributed by atoms with van der Waals surface area (Å²) in [6, 6.07) is 15.9. The van der Waals surface area contributed by atoms with Gasteiger partial charge in [-0.3, -0.25) is 14.4 Å². The van der Waals surface area contributed by atoms with Crippen LogP contribution in [0, 0.1) is 23.2 Å². The molecule has 3 fully saturated rings. The zero-order valence-corrected chi connectivity index (χ0v) is 22.0. The van der Waals surface area contributed by atoms with Crippen molar-refractivity contribution in [1.29, 1.82) is 5.26 Å². The molecule has 1 aromatic heterocycles. The molecule has 5 atom stereocenters. The van der Waals surface area contributed by atoms with Crippen LogP contribution in [-0.2, 0) is 23.9 Å². The van der Waals surface area contributed by atoms with Crippen molar-refractivity contribution < 1.29 is 28.6 Å². The zero-order valence-electron chi connectivity index (χ0n) is 21.2. The molecule has 3 aromatic rings. The largest absolute Gasteiger partial charge is 0.478 e. The Morgan fingerprint density at radius 1 is 1.15 bits per heavy atom. The van der Waals surface area contributed by atoms with Crippen molar-refractivity contribution in [1.82, 2.24) is 4.98 Å². The summed E-state index contributed by atoms with van der Waals surface area (Å²) in [4.78, 5) is 45.5. The average molecular weight is 546 g/mol. The number of imide groups is 1. The number of fused-ring (bicyclic) bond motifs is 6. The van der Waals surface area contributed by atoms with Crippen LogP contribution >= 0.6 is 11.6 Å². The number of esters is 1. The molecule has 2 aromatic carbocycles. The third kappa shape index (κ3) is 3.78. The Kier molecular flexibility index (Phi) is 5.86. The number of amides is 2. The van der Waals surface area contributed by atoms with Gasteiger partial charge in [-0.25, -0.2) is 9.88 Å². The Balaban J connectivity index is 1.38. The van der Waals surface area contributed by atoms with Gasteiger partial charge in [0.25, 0.3) is 0 Å². The Bertz CT molecular complexity index is 1570. The van der Waals surface area contributed by atoms with Crippen LogP contribution in [0.25, 0.3) is 10.8 Å². The van der Waals surface area contributed by atoms with E-state index in [0.29, 0.717) is 32.9 Å². The lowest BCUT2D eigenvalue weighted by Gasteiger charge is -2.35. The number of benzene rings is 2. The molecular formula is C29H24ClN3O6. The number of nitrogens with zero attached hydrogens (tertiary/aromatic N) is 3. The van der Waals surface area contributed by atoms with Crippen LogP contribution in [0.4, 0.5) is 5.69 Å².